The molecule has 2 rings (SSSR count). The Morgan fingerprint density at radius 3 is 2.77 bits per heavy atom. The first kappa shape index (κ1) is 16.6. The summed E-state index contributed by atoms with van der Waals surface area (Å²) >= 11 is 6.50. The number of nitrogens with two attached hydrogens (primary N) is 1. The lowest BCUT2D eigenvalue weighted by Gasteiger charge is -2.47. The molecule has 3 amide bonds. The molecule has 9 nitrogen and oxygen atoms in total. The van der Waals surface area contributed by atoms with E-state index in [0.717, 1.165) is 4.90 Å². The monoisotopic (exact) mass is 349 g/mol. The average molecular weight is 350 g/mol. The summed E-state index contributed by atoms with van der Waals surface area (Å²) in [4.78, 5) is 46.3. The number of hydrogen-bond acceptors (Lipinski definition) is 7. The summed E-state index contributed by atoms with van der Waals surface area (Å²) in [5, 5.41) is 10.7. The Labute approximate surface area is 133 Å². The highest BCUT2D eigenvalue weighted by molar-refractivity contribution is 8.00. The molecule has 0 aromatic carbocycles. The van der Waals surface area contributed by atoms with E-state index in [1.807, 2.05) is 5.32 Å². The smallest absolute Gasteiger partial charge is 0.414 e. The zero-order valence-electron chi connectivity index (χ0n) is 11.1. The number of thioether (sulfide) groups is 1. The van der Waals surface area contributed by atoms with E-state index in [1.54, 1.807) is 0 Å². The predicted molar refractivity (Wildman–Crippen MR) is 75.9 cm³/mol. The van der Waals surface area contributed by atoms with Crippen molar-refractivity contribution in [1.29, 1.82) is 0 Å². The van der Waals surface area contributed by atoms with Crippen molar-refractivity contribution in [2.75, 3.05) is 18.2 Å². The third kappa shape index (κ3) is 3.03. The van der Waals surface area contributed by atoms with Crippen molar-refractivity contribution in [3.8, 4) is 0 Å². The zero-order chi connectivity index (χ0) is 16.4. The molecule has 11 heteroatoms. The van der Waals surface area contributed by atoms with Gasteiger partial charge in [0.25, 0.3) is 0 Å². The lowest BCUT2D eigenvalue weighted by Crippen LogP contribution is -2.68. The first-order valence-electron chi connectivity index (χ1n) is 6.05. The minimum absolute atomic E-state index is 0.230. The van der Waals surface area contributed by atoms with Crippen LogP contribution in [0.15, 0.2) is 11.3 Å². The van der Waals surface area contributed by atoms with Gasteiger partial charge in [0.1, 0.15) is 29.6 Å². The van der Waals surface area contributed by atoms with Gasteiger partial charge in [0.05, 0.1) is 0 Å². The number of ether oxygens (including phenoxy) is 1. The molecular formula is C11H12ClN3O6S. The summed E-state index contributed by atoms with van der Waals surface area (Å²) in [7, 11) is 0. The van der Waals surface area contributed by atoms with Crippen LogP contribution in [0.2, 0.25) is 0 Å². The number of β-lactam (4-membered cyclic amide) rings is 1. The molecule has 4 N–H and O–H groups in total. The van der Waals surface area contributed by atoms with Gasteiger partial charge in [-0.25, -0.2) is 9.59 Å². The number of hydrogen-bond donors (Lipinski definition) is 3. The van der Waals surface area contributed by atoms with Crippen molar-refractivity contribution >= 4 is 47.2 Å². The van der Waals surface area contributed by atoms with Crippen molar-refractivity contribution in [1.82, 2.24) is 10.2 Å². The standard InChI is InChI=1S/C11H12ClN3O6S/c12-1-5(16)14-11(20)21-2-4-3-22-9-6(13)8(17)15(9)7(4)10(18)19/h6,9H,1-3,13H2,(H,18,19)(H,14,16,20)/t6-,9-/m1/s1. The van der Waals surface area contributed by atoms with Gasteiger partial charge in [0.2, 0.25) is 11.8 Å². The Morgan fingerprint density at radius 2 is 2.18 bits per heavy atom. The molecule has 0 aromatic rings. The number of carbonyl (C=O) groups is 4. The molecule has 0 aromatic heterocycles. The van der Waals surface area contributed by atoms with Gasteiger partial charge in [0.15, 0.2) is 0 Å². The Morgan fingerprint density at radius 1 is 1.50 bits per heavy atom. The lowest BCUT2D eigenvalue weighted by molar-refractivity contribution is -0.148. The molecule has 0 bridgehead atoms. The fraction of sp³-hybridized carbons (Fsp3) is 0.455. The zero-order valence-corrected chi connectivity index (χ0v) is 12.6. The predicted octanol–water partition coefficient (Wildman–Crippen LogP) is -0.941. The van der Waals surface area contributed by atoms with Crippen LogP contribution < -0.4 is 11.1 Å². The van der Waals surface area contributed by atoms with Crippen LogP contribution in [0.3, 0.4) is 0 Å². The van der Waals surface area contributed by atoms with Crippen molar-refractivity contribution in [3.63, 3.8) is 0 Å². The Bertz CT molecular complexity index is 580. The average Bonchev–Trinajstić information content (AvgIpc) is 2.50. The van der Waals surface area contributed by atoms with Gasteiger partial charge < -0.3 is 15.6 Å². The molecule has 0 radical (unpaired) electrons. The molecular weight excluding hydrogens is 338 g/mol. The second-order valence-corrected chi connectivity index (χ2v) is 5.82. The maximum Gasteiger partial charge on any atom is 0.414 e. The van der Waals surface area contributed by atoms with E-state index in [1.165, 1.54) is 11.8 Å². The van der Waals surface area contributed by atoms with Gasteiger partial charge in [-0.15, -0.1) is 23.4 Å². The molecule has 2 aliphatic rings. The highest BCUT2D eigenvalue weighted by atomic mass is 35.5. The molecule has 0 saturated carbocycles. The van der Waals surface area contributed by atoms with Crippen molar-refractivity contribution in [2.24, 2.45) is 5.73 Å². The Kier molecular flexibility index (Phi) is 4.94. The summed E-state index contributed by atoms with van der Waals surface area (Å²) < 4.78 is 4.77. The minimum atomic E-state index is -1.30. The van der Waals surface area contributed by atoms with Crippen LogP contribution in [0.25, 0.3) is 0 Å². The largest absolute Gasteiger partial charge is 0.477 e. The number of amides is 3. The summed E-state index contributed by atoms with van der Waals surface area (Å²) in [6.45, 7) is -0.359. The number of nitrogens with one attached hydrogen (secondary N) is 1. The molecule has 120 valence electrons. The van der Waals surface area contributed by atoms with Gasteiger partial charge in [-0.1, -0.05) is 0 Å². The fourth-order valence-corrected chi connectivity index (χ4v) is 3.37. The number of halogens is 1. The third-order valence-electron chi connectivity index (χ3n) is 3.03. The van der Waals surface area contributed by atoms with E-state index < -0.39 is 41.2 Å². The van der Waals surface area contributed by atoms with Gasteiger partial charge in [-0.05, 0) is 0 Å². The first-order chi connectivity index (χ1) is 10.4. The van der Waals surface area contributed by atoms with Crippen LogP contribution in [0.5, 0.6) is 0 Å². The SMILES string of the molecule is N[C@@H]1C(=O)N2C(C(=O)O)=C(COC(=O)NC(=O)CCl)CS[C@H]12. The quantitative estimate of drug-likeness (QED) is 0.436. The molecule has 2 heterocycles. The van der Waals surface area contributed by atoms with Gasteiger partial charge in [-0.2, -0.15) is 0 Å². The summed E-state index contributed by atoms with van der Waals surface area (Å²) in [6, 6.07) is -0.730. The molecule has 0 spiro atoms. The number of aliphatic carboxylic acids is 1. The number of rotatable bonds is 4. The van der Waals surface area contributed by atoms with Gasteiger partial charge in [-0.3, -0.25) is 19.8 Å². The first-order valence-corrected chi connectivity index (χ1v) is 7.63. The number of carbonyl (C=O) groups excluding carboxylic acids is 3. The molecule has 22 heavy (non-hydrogen) atoms. The van der Waals surface area contributed by atoms with Crippen molar-refractivity contribution < 1.29 is 29.0 Å². The maximum absolute atomic E-state index is 11.7. The van der Waals surface area contributed by atoms with E-state index >= 15 is 0 Å². The fourth-order valence-electron chi connectivity index (χ4n) is 2.03. The Hall–Kier alpha value is -1.78. The second-order valence-electron chi connectivity index (χ2n) is 4.45. The molecule has 2 aliphatic heterocycles. The summed E-state index contributed by atoms with van der Waals surface area (Å²) in [5.74, 6) is -2.69. The lowest BCUT2D eigenvalue weighted by atomic mass is 10.0. The molecule has 0 aliphatic carbocycles. The van der Waals surface area contributed by atoms with Gasteiger partial charge >= 0.3 is 12.1 Å². The van der Waals surface area contributed by atoms with Crippen LogP contribution in [0, 0.1) is 0 Å². The van der Waals surface area contributed by atoms with Crippen LogP contribution in [-0.4, -0.2) is 63.5 Å². The van der Waals surface area contributed by atoms with E-state index in [4.69, 9.17) is 22.1 Å². The maximum atomic E-state index is 11.7. The van der Waals surface area contributed by atoms with E-state index in [-0.39, 0.29) is 23.6 Å². The molecule has 0 unspecified atom stereocenters. The van der Waals surface area contributed by atoms with Crippen molar-refractivity contribution in [3.05, 3.63) is 11.3 Å². The van der Waals surface area contributed by atoms with Crippen molar-refractivity contribution in [2.45, 2.75) is 11.4 Å². The van der Waals surface area contributed by atoms with Crippen LogP contribution in [-0.2, 0) is 19.1 Å². The summed E-state index contributed by atoms with van der Waals surface area (Å²) in [6.07, 6.45) is -1.04. The highest BCUT2D eigenvalue weighted by Gasteiger charge is 2.51. The summed E-state index contributed by atoms with van der Waals surface area (Å²) in [5.41, 5.74) is 5.63. The van der Waals surface area contributed by atoms with E-state index in [2.05, 4.69) is 0 Å². The second kappa shape index (κ2) is 6.55. The van der Waals surface area contributed by atoms with Crippen LogP contribution >= 0.6 is 23.4 Å². The van der Waals surface area contributed by atoms with E-state index in [9.17, 15) is 24.3 Å². The molecule has 2 atom stereocenters. The normalized spacial score (nSPS) is 23.5. The van der Waals surface area contributed by atoms with Gasteiger partial charge in [0, 0.05) is 11.3 Å². The number of alkyl halides is 1. The molecule has 1 saturated heterocycles. The highest BCUT2D eigenvalue weighted by Crippen LogP contribution is 2.39. The number of alkyl carbamates (subject to hydrolysis) is 1. The Balaban J connectivity index is 2.07. The number of carboxylic acids is 1. The van der Waals surface area contributed by atoms with Crippen LogP contribution in [0.1, 0.15) is 0 Å². The number of fused-ring (bicyclic) bond motifs is 1. The van der Waals surface area contributed by atoms with E-state index in [0.29, 0.717) is 0 Å². The molecule has 1 fully saturated rings. The van der Waals surface area contributed by atoms with Crippen LogP contribution in [0.4, 0.5) is 4.79 Å². The number of nitrogens with zero attached hydrogens (tertiary/aromatic N) is 1. The number of carboxylic acid groups (broad SMARTS) is 1. The number of imide groups is 1. The third-order valence-corrected chi connectivity index (χ3v) is 4.63. The topological polar surface area (TPSA) is 139 Å². The minimum Gasteiger partial charge on any atom is -0.477 e.